The van der Waals surface area contributed by atoms with Gasteiger partial charge in [-0.15, -0.1) is 0 Å². The summed E-state index contributed by atoms with van der Waals surface area (Å²) in [6, 6.07) is 15.0. The summed E-state index contributed by atoms with van der Waals surface area (Å²) in [5, 5.41) is 2.94. The van der Waals surface area contributed by atoms with Crippen molar-refractivity contribution in [3.63, 3.8) is 0 Å². The van der Waals surface area contributed by atoms with E-state index in [4.69, 9.17) is 14.2 Å². The quantitative estimate of drug-likeness (QED) is 0.792. The highest BCUT2D eigenvalue weighted by Gasteiger charge is 2.66. The van der Waals surface area contributed by atoms with Gasteiger partial charge in [0.1, 0.15) is 5.60 Å². The molecule has 1 spiro atoms. The predicted octanol–water partition coefficient (Wildman–Crippen LogP) is 2.34. The first-order chi connectivity index (χ1) is 14.6. The van der Waals surface area contributed by atoms with Gasteiger partial charge in [0, 0.05) is 12.2 Å². The maximum absolute atomic E-state index is 13.4. The van der Waals surface area contributed by atoms with E-state index >= 15 is 0 Å². The van der Waals surface area contributed by atoms with Gasteiger partial charge in [0.25, 0.3) is 0 Å². The van der Waals surface area contributed by atoms with Crippen molar-refractivity contribution in [2.24, 2.45) is 11.8 Å². The van der Waals surface area contributed by atoms with Gasteiger partial charge in [0.05, 0.1) is 24.5 Å². The molecule has 7 heteroatoms. The number of nitrogens with zero attached hydrogens (tertiary/aromatic N) is 1. The van der Waals surface area contributed by atoms with E-state index in [-0.39, 0.29) is 24.7 Å². The Hall–Kier alpha value is -3.32. The molecule has 2 bridgehead atoms. The van der Waals surface area contributed by atoms with Gasteiger partial charge in [0.15, 0.2) is 11.5 Å². The summed E-state index contributed by atoms with van der Waals surface area (Å²) in [4.78, 5) is 28.2. The molecule has 4 atom stereocenters. The Morgan fingerprint density at radius 2 is 1.97 bits per heavy atom. The largest absolute Gasteiger partial charge is 0.454 e. The third-order valence-corrected chi connectivity index (χ3v) is 6.33. The summed E-state index contributed by atoms with van der Waals surface area (Å²) >= 11 is 0. The van der Waals surface area contributed by atoms with E-state index in [2.05, 4.69) is 5.32 Å². The second kappa shape index (κ2) is 6.34. The van der Waals surface area contributed by atoms with Gasteiger partial charge in [-0.25, -0.2) is 0 Å². The molecule has 4 aliphatic heterocycles. The highest BCUT2D eigenvalue weighted by Crippen LogP contribution is 2.52. The smallest absolute Gasteiger partial charge is 0.231 e. The molecule has 152 valence electrons. The van der Waals surface area contributed by atoms with E-state index < -0.39 is 17.4 Å². The number of hydrogen-bond acceptors (Lipinski definition) is 5. The van der Waals surface area contributed by atoms with Crippen LogP contribution in [-0.4, -0.2) is 41.8 Å². The Labute approximate surface area is 173 Å². The number of nitrogens with one attached hydrogen (secondary N) is 1. The number of rotatable bonds is 4. The molecule has 2 saturated heterocycles. The van der Waals surface area contributed by atoms with Crippen LogP contribution in [0.15, 0.2) is 60.7 Å². The first kappa shape index (κ1) is 17.5. The lowest BCUT2D eigenvalue weighted by Crippen LogP contribution is -2.41. The summed E-state index contributed by atoms with van der Waals surface area (Å²) in [6.07, 6.45) is 3.52. The fourth-order valence-electron chi connectivity index (χ4n) is 5.02. The van der Waals surface area contributed by atoms with Gasteiger partial charge in [-0.2, -0.15) is 0 Å². The number of para-hydroxylation sites is 1. The Kier molecular flexibility index (Phi) is 3.70. The van der Waals surface area contributed by atoms with Crippen LogP contribution < -0.4 is 14.8 Å². The number of hydrogen-bond donors (Lipinski definition) is 1. The van der Waals surface area contributed by atoms with Gasteiger partial charge in [-0.1, -0.05) is 36.4 Å². The summed E-state index contributed by atoms with van der Waals surface area (Å²) in [5.41, 5.74) is 0.940. The van der Waals surface area contributed by atoms with Crippen LogP contribution in [0.1, 0.15) is 5.56 Å². The lowest BCUT2D eigenvalue weighted by Gasteiger charge is -2.23. The van der Waals surface area contributed by atoms with Crippen molar-refractivity contribution in [1.82, 2.24) is 4.90 Å². The lowest BCUT2D eigenvalue weighted by atomic mass is 9.77. The zero-order valence-corrected chi connectivity index (χ0v) is 16.1. The fourth-order valence-corrected chi connectivity index (χ4v) is 5.02. The third-order valence-electron chi connectivity index (χ3n) is 6.33. The van der Waals surface area contributed by atoms with Crippen molar-refractivity contribution < 1.29 is 23.8 Å². The van der Waals surface area contributed by atoms with Crippen molar-refractivity contribution in [3.8, 4) is 11.5 Å². The summed E-state index contributed by atoms with van der Waals surface area (Å²) in [7, 11) is 0. The number of likely N-dealkylation sites (tertiary alicyclic amines) is 1. The Bertz CT molecular complexity index is 1070. The van der Waals surface area contributed by atoms with Crippen LogP contribution in [0.4, 0.5) is 5.69 Å². The molecule has 0 unspecified atom stereocenters. The molecule has 2 fully saturated rings. The minimum absolute atomic E-state index is 0.0484. The van der Waals surface area contributed by atoms with Crippen molar-refractivity contribution >= 4 is 17.5 Å². The molecule has 0 radical (unpaired) electrons. The van der Waals surface area contributed by atoms with E-state index in [0.717, 1.165) is 5.56 Å². The monoisotopic (exact) mass is 404 g/mol. The van der Waals surface area contributed by atoms with Gasteiger partial charge < -0.3 is 24.4 Å². The SMILES string of the molecule is O=C(Nc1ccccc1)[C@@H]1[C@@H]2C=C[C@@]3(CN(Cc4ccc5c(c4)OCO5)C(=O)[C@H]13)O2. The first-order valence-corrected chi connectivity index (χ1v) is 10.0. The summed E-state index contributed by atoms with van der Waals surface area (Å²) < 4.78 is 17.0. The molecule has 4 aliphatic rings. The maximum atomic E-state index is 13.4. The molecule has 4 heterocycles. The number of ether oxygens (including phenoxy) is 3. The minimum atomic E-state index is -0.725. The molecular weight excluding hydrogens is 384 g/mol. The van der Waals surface area contributed by atoms with E-state index in [1.54, 1.807) is 4.90 Å². The zero-order valence-electron chi connectivity index (χ0n) is 16.1. The summed E-state index contributed by atoms with van der Waals surface area (Å²) in [5.74, 6) is 0.127. The van der Waals surface area contributed by atoms with E-state index in [1.165, 1.54) is 0 Å². The van der Waals surface area contributed by atoms with Crippen molar-refractivity contribution in [3.05, 3.63) is 66.2 Å². The summed E-state index contributed by atoms with van der Waals surface area (Å²) in [6.45, 7) is 1.08. The Morgan fingerprint density at radius 1 is 1.13 bits per heavy atom. The number of carbonyl (C=O) groups is 2. The van der Waals surface area contributed by atoms with Crippen LogP contribution in [0.25, 0.3) is 0 Å². The van der Waals surface area contributed by atoms with E-state index in [0.29, 0.717) is 30.3 Å². The molecule has 6 rings (SSSR count). The van der Waals surface area contributed by atoms with Crippen LogP contribution in [0.3, 0.4) is 0 Å². The van der Waals surface area contributed by atoms with Crippen LogP contribution >= 0.6 is 0 Å². The third kappa shape index (κ3) is 2.55. The molecule has 0 aromatic heterocycles. The predicted molar refractivity (Wildman–Crippen MR) is 107 cm³/mol. The van der Waals surface area contributed by atoms with E-state index in [9.17, 15) is 9.59 Å². The number of anilines is 1. The highest BCUT2D eigenvalue weighted by molar-refractivity contribution is 5.99. The normalized spacial score (nSPS) is 30.1. The second-order valence-corrected chi connectivity index (χ2v) is 8.14. The second-order valence-electron chi connectivity index (χ2n) is 8.14. The average molecular weight is 404 g/mol. The Morgan fingerprint density at radius 3 is 2.83 bits per heavy atom. The number of carbonyl (C=O) groups excluding carboxylic acids is 2. The molecule has 1 N–H and O–H groups in total. The van der Waals surface area contributed by atoms with Crippen LogP contribution in [-0.2, 0) is 20.9 Å². The van der Waals surface area contributed by atoms with Crippen LogP contribution in [0, 0.1) is 11.8 Å². The van der Waals surface area contributed by atoms with E-state index in [1.807, 2.05) is 60.7 Å². The first-order valence-electron chi connectivity index (χ1n) is 10.0. The number of benzene rings is 2. The molecule has 2 aromatic carbocycles. The zero-order chi connectivity index (χ0) is 20.3. The van der Waals surface area contributed by atoms with Crippen molar-refractivity contribution in [2.45, 2.75) is 18.2 Å². The molecule has 2 aromatic rings. The van der Waals surface area contributed by atoms with Crippen LogP contribution in [0.2, 0.25) is 0 Å². The number of fused-ring (bicyclic) bond motifs is 2. The molecule has 30 heavy (non-hydrogen) atoms. The maximum Gasteiger partial charge on any atom is 0.231 e. The van der Waals surface area contributed by atoms with Crippen molar-refractivity contribution in [2.75, 3.05) is 18.7 Å². The molecule has 7 nitrogen and oxygen atoms in total. The van der Waals surface area contributed by atoms with Gasteiger partial charge in [-0.05, 0) is 29.8 Å². The minimum Gasteiger partial charge on any atom is -0.454 e. The average Bonchev–Trinajstić information content (AvgIpc) is 3.50. The van der Waals surface area contributed by atoms with Crippen molar-refractivity contribution in [1.29, 1.82) is 0 Å². The van der Waals surface area contributed by atoms with Crippen LogP contribution in [0.5, 0.6) is 11.5 Å². The highest BCUT2D eigenvalue weighted by atomic mass is 16.7. The van der Waals surface area contributed by atoms with Gasteiger partial charge >= 0.3 is 0 Å². The molecule has 0 aliphatic carbocycles. The lowest BCUT2D eigenvalue weighted by molar-refractivity contribution is -0.136. The number of amides is 2. The van der Waals surface area contributed by atoms with Gasteiger partial charge in [0.2, 0.25) is 18.6 Å². The fraction of sp³-hybridized carbons (Fsp3) is 0.304. The molecule has 0 saturated carbocycles. The Balaban J connectivity index is 1.24. The standard InChI is InChI=1S/C23H20N2O5/c26-21(24-15-4-2-1-3-5-15)19-17-8-9-23(30-17)12-25(22(27)20(19)23)11-14-6-7-16-18(10-14)29-13-28-16/h1-10,17,19-20H,11-13H2,(H,24,26)/t17-,19+,20-,23-/m0/s1. The van der Waals surface area contributed by atoms with Gasteiger partial charge in [-0.3, -0.25) is 9.59 Å². The topological polar surface area (TPSA) is 77.1 Å². The molecular formula is C23H20N2O5. The molecule has 2 amide bonds.